The molecule has 0 unspecified atom stereocenters. The van der Waals surface area contributed by atoms with E-state index in [1.807, 2.05) is 61.5 Å². The molecular formula is C37H45ClN4O4. The Labute approximate surface area is 276 Å². The molecule has 0 aliphatic heterocycles. The van der Waals surface area contributed by atoms with Crippen molar-refractivity contribution < 1.29 is 19.1 Å². The van der Waals surface area contributed by atoms with Crippen molar-refractivity contribution in [2.45, 2.75) is 70.4 Å². The van der Waals surface area contributed by atoms with Crippen LogP contribution in [0.4, 0.5) is 0 Å². The van der Waals surface area contributed by atoms with Crippen LogP contribution in [0.2, 0.25) is 5.02 Å². The summed E-state index contributed by atoms with van der Waals surface area (Å²) in [6.07, 6.45) is 7.02. The summed E-state index contributed by atoms with van der Waals surface area (Å²) in [7, 11) is 0. The van der Waals surface area contributed by atoms with E-state index >= 15 is 0 Å². The third kappa shape index (κ3) is 8.47. The fourth-order valence-corrected chi connectivity index (χ4v) is 6.94. The second kappa shape index (κ2) is 15.1. The van der Waals surface area contributed by atoms with Gasteiger partial charge in [0.05, 0.1) is 6.61 Å². The highest BCUT2D eigenvalue weighted by Crippen LogP contribution is 2.56. The van der Waals surface area contributed by atoms with E-state index in [1.165, 1.54) is 0 Å². The first-order chi connectivity index (χ1) is 22.2. The van der Waals surface area contributed by atoms with Crippen molar-refractivity contribution in [2.75, 3.05) is 19.7 Å². The third-order valence-electron chi connectivity index (χ3n) is 9.95. The number of fused-ring (bicyclic) bond motifs is 3. The lowest BCUT2D eigenvalue weighted by molar-refractivity contribution is -0.130. The van der Waals surface area contributed by atoms with Gasteiger partial charge in [-0.3, -0.25) is 14.4 Å². The SMILES string of the molecule is CCOc1ccc(C[C@@H](NC(=O)c2ccc(Cl)cc2)C(=O)N[C@@H](Cc2ccccc2)C(=O)NCC23CCC(CN)(CC2)CC3)cc1. The molecule has 8 nitrogen and oxygen atoms in total. The van der Waals surface area contributed by atoms with Gasteiger partial charge in [-0.05, 0) is 110 Å². The van der Waals surface area contributed by atoms with E-state index in [2.05, 4.69) is 16.0 Å². The smallest absolute Gasteiger partial charge is 0.251 e. The van der Waals surface area contributed by atoms with E-state index in [9.17, 15) is 14.4 Å². The van der Waals surface area contributed by atoms with Gasteiger partial charge in [0.2, 0.25) is 11.8 Å². The molecule has 3 aromatic carbocycles. The Bertz CT molecular complexity index is 1450. The van der Waals surface area contributed by atoms with E-state index in [0.717, 1.165) is 61.9 Å². The molecule has 2 bridgehead atoms. The van der Waals surface area contributed by atoms with Crippen LogP contribution in [0.5, 0.6) is 5.75 Å². The summed E-state index contributed by atoms with van der Waals surface area (Å²) in [5, 5.41) is 9.61. The molecule has 3 aliphatic rings. The van der Waals surface area contributed by atoms with Crippen LogP contribution in [0, 0.1) is 10.8 Å². The summed E-state index contributed by atoms with van der Waals surface area (Å²) in [5.74, 6) is -0.347. The number of carbonyl (C=O) groups is 3. The van der Waals surface area contributed by atoms with E-state index < -0.39 is 23.9 Å². The van der Waals surface area contributed by atoms with E-state index in [0.29, 0.717) is 30.2 Å². The molecule has 9 heteroatoms. The Morgan fingerprint density at radius 1 is 0.761 bits per heavy atom. The summed E-state index contributed by atoms with van der Waals surface area (Å²) in [6, 6.07) is 21.8. The summed E-state index contributed by atoms with van der Waals surface area (Å²) >= 11 is 6.03. The predicted octanol–water partition coefficient (Wildman–Crippen LogP) is 5.22. The molecule has 0 spiro atoms. The molecule has 2 atom stereocenters. The van der Waals surface area contributed by atoms with E-state index in [4.69, 9.17) is 22.1 Å². The van der Waals surface area contributed by atoms with Crippen molar-refractivity contribution >= 4 is 29.3 Å². The molecule has 3 amide bonds. The van der Waals surface area contributed by atoms with Crippen molar-refractivity contribution in [1.29, 1.82) is 0 Å². The zero-order valence-corrected chi connectivity index (χ0v) is 27.3. The maximum atomic E-state index is 14.0. The van der Waals surface area contributed by atoms with Crippen molar-refractivity contribution in [1.82, 2.24) is 16.0 Å². The van der Waals surface area contributed by atoms with Crippen LogP contribution in [-0.2, 0) is 22.4 Å². The molecule has 3 fully saturated rings. The van der Waals surface area contributed by atoms with Crippen LogP contribution in [0.3, 0.4) is 0 Å². The zero-order chi connectivity index (χ0) is 32.6. The van der Waals surface area contributed by atoms with Gasteiger partial charge in [0.1, 0.15) is 17.8 Å². The first-order valence-electron chi connectivity index (χ1n) is 16.3. The third-order valence-corrected chi connectivity index (χ3v) is 10.2. The molecule has 244 valence electrons. The van der Waals surface area contributed by atoms with Gasteiger partial charge >= 0.3 is 0 Å². The molecule has 5 N–H and O–H groups in total. The number of carbonyl (C=O) groups excluding carboxylic acids is 3. The summed E-state index contributed by atoms with van der Waals surface area (Å²) in [5.41, 5.74) is 8.61. The number of nitrogens with one attached hydrogen (secondary N) is 3. The summed E-state index contributed by atoms with van der Waals surface area (Å²) < 4.78 is 5.57. The maximum Gasteiger partial charge on any atom is 0.251 e. The lowest BCUT2D eigenvalue weighted by atomic mass is 9.54. The van der Waals surface area contributed by atoms with Gasteiger partial charge in [0.15, 0.2) is 0 Å². The van der Waals surface area contributed by atoms with Crippen molar-refractivity contribution in [3.63, 3.8) is 0 Å². The highest BCUT2D eigenvalue weighted by molar-refractivity contribution is 6.30. The lowest BCUT2D eigenvalue weighted by Crippen LogP contribution is -2.56. The number of halogens is 1. The Morgan fingerprint density at radius 2 is 1.33 bits per heavy atom. The monoisotopic (exact) mass is 644 g/mol. The highest BCUT2D eigenvalue weighted by Gasteiger charge is 2.48. The summed E-state index contributed by atoms with van der Waals surface area (Å²) in [6.45, 7) is 3.77. The largest absolute Gasteiger partial charge is 0.494 e. The van der Waals surface area contributed by atoms with Crippen LogP contribution >= 0.6 is 11.6 Å². The zero-order valence-electron chi connectivity index (χ0n) is 26.5. The van der Waals surface area contributed by atoms with Crippen molar-refractivity contribution in [3.05, 3.63) is 101 Å². The molecular weight excluding hydrogens is 600 g/mol. The normalized spacial score (nSPS) is 21.5. The van der Waals surface area contributed by atoms with Gasteiger partial charge in [0, 0.05) is 30.0 Å². The van der Waals surface area contributed by atoms with Crippen LogP contribution in [0.1, 0.15) is 66.9 Å². The van der Waals surface area contributed by atoms with Crippen molar-refractivity contribution in [3.8, 4) is 5.75 Å². The summed E-state index contributed by atoms with van der Waals surface area (Å²) in [4.78, 5) is 41.1. The number of nitrogens with two attached hydrogens (primary N) is 1. The van der Waals surface area contributed by atoms with Gasteiger partial charge in [-0.15, -0.1) is 0 Å². The second-order valence-corrected chi connectivity index (χ2v) is 13.4. The molecule has 0 heterocycles. The van der Waals surface area contributed by atoms with Gasteiger partial charge in [0.25, 0.3) is 5.91 Å². The maximum absolute atomic E-state index is 14.0. The average molecular weight is 645 g/mol. The Hall–Kier alpha value is -3.88. The van der Waals surface area contributed by atoms with E-state index in [-0.39, 0.29) is 23.2 Å². The van der Waals surface area contributed by atoms with Crippen LogP contribution in [0.25, 0.3) is 0 Å². The van der Waals surface area contributed by atoms with Gasteiger partial charge < -0.3 is 26.4 Å². The number of benzene rings is 3. The minimum atomic E-state index is -0.938. The van der Waals surface area contributed by atoms with Crippen LogP contribution in [0.15, 0.2) is 78.9 Å². The molecule has 3 aliphatic carbocycles. The van der Waals surface area contributed by atoms with Gasteiger partial charge in [-0.2, -0.15) is 0 Å². The number of amides is 3. The number of ether oxygens (including phenoxy) is 1. The van der Waals surface area contributed by atoms with Crippen LogP contribution in [-0.4, -0.2) is 49.5 Å². The quantitative estimate of drug-likeness (QED) is 0.192. The molecule has 3 saturated carbocycles. The standard InChI is InChI=1S/C37H45ClN4O4/c1-2-46-30-14-8-27(9-15-30)23-32(41-33(43)28-10-12-29(38)13-11-28)35(45)42-31(22-26-6-4-3-5-7-26)34(44)40-25-37-19-16-36(24-39,17-20-37)18-21-37/h3-15,31-32H,2,16-25,39H2,1H3,(H,40,44)(H,41,43)(H,42,45)/t31-,32+,36?,37?/m0/s1. The highest BCUT2D eigenvalue weighted by atomic mass is 35.5. The number of hydrogen-bond acceptors (Lipinski definition) is 5. The number of hydrogen-bond donors (Lipinski definition) is 4. The lowest BCUT2D eigenvalue weighted by Gasteiger charge is -2.53. The fraction of sp³-hybridized carbons (Fsp3) is 0.432. The van der Waals surface area contributed by atoms with Gasteiger partial charge in [-0.25, -0.2) is 0 Å². The molecule has 0 radical (unpaired) electrons. The average Bonchev–Trinajstić information content (AvgIpc) is 3.09. The first kappa shape index (κ1) is 33.5. The topological polar surface area (TPSA) is 123 Å². The molecule has 46 heavy (non-hydrogen) atoms. The van der Waals surface area contributed by atoms with Crippen molar-refractivity contribution in [2.24, 2.45) is 16.6 Å². The Morgan fingerprint density at radius 3 is 1.91 bits per heavy atom. The Balaban J connectivity index is 1.32. The van der Waals surface area contributed by atoms with Crippen LogP contribution < -0.4 is 26.4 Å². The minimum Gasteiger partial charge on any atom is -0.494 e. The minimum absolute atomic E-state index is 0.0800. The molecule has 3 aromatic rings. The second-order valence-electron chi connectivity index (χ2n) is 13.0. The number of rotatable bonds is 14. The van der Waals surface area contributed by atoms with E-state index in [1.54, 1.807) is 24.3 Å². The molecule has 0 saturated heterocycles. The first-order valence-corrected chi connectivity index (χ1v) is 16.7. The Kier molecular flexibility index (Phi) is 11.0. The predicted molar refractivity (Wildman–Crippen MR) is 181 cm³/mol. The van der Waals surface area contributed by atoms with Gasteiger partial charge in [-0.1, -0.05) is 54.1 Å². The molecule has 0 aromatic heterocycles. The fourth-order valence-electron chi connectivity index (χ4n) is 6.82. The molecule has 6 rings (SSSR count).